The Hall–Kier alpha value is -1.38. The number of thiazole rings is 1. The van der Waals surface area contributed by atoms with Gasteiger partial charge in [0.2, 0.25) is 5.91 Å². The summed E-state index contributed by atoms with van der Waals surface area (Å²) in [5.41, 5.74) is 8.00. The van der Waals surface area contributed by atoms with Crippen LogP contribution in [0.4, 0.5) is 0 Å². The highest BCUT2D eigenvalue weighted by molar-refractivity contribution is 8.00. The normalized spacial score (nSPS) is 26.9. The number of hydrogen-bond acceptors (Lipinski definition) is 6. The number of fused-ring (bicyclic) bond motifs is 1. The predicted molar refractivity (Wildman–Crippen MR) is 67.7 cm³/mol. The van der Waals surface area contributed by atoms with E-state index >= 15 is 0 Å². The van der Waals surface area contributed by atoms with Crippen molar-refractivity contribution in [1.82, 2.24) is 9.88 Å². The minimum absolute atomic E-state index is 0.0506. The fraction of sp³-hybridized carbons (Fsp3) is 0.300. The van der Waals surface area contributed by atoms with E-state index in [0.29, 0.717) is 11.3 Å². The van der Waals surface area contributed by atoms with E-state index in [2.05, 4.69) is 4.98 Å². The topological polar surface area (TPSA) is 96.5 Å². The molecular formula is C10H9N3O3S2. The third kappa shape index (κ3) is 1.49. The lowest BCUT2D eigenvalue weighted by Gasteiger charge is -2.47. The molecule has 0 aliphatic carbocycles. The quantitative estimate of drug-likeness (QED) is 0.752. The molecule has 2 unspecified atom stereocenters. The predicted octanol–water partition coefficient (Wildman–Crippen LogP) is 0.181. The van der Waals surface area contributed by atoms with Crippen LogP contribution < -0.4 is 5.73 Å². The van der Waals surface area contributed by atoms with Crippen LogP contribution in [-0.4, -0.2) is 44.0 Å². The van der Waals surface area contributed by atoms with Gasteiger partial charge >= 0.3 is 5.97 Å². The Labute approximate surface area is 110 Å². The Morgan fingerprint density at radius 3 is 3.00 bits per heavy atom. The van der Waals surface area contributed by atoms with Gasteiger partial charge in [-0.15, -0.1) is 23.1 Å². The SMILES string of the molecule is NC1C(=O)N2C(C(=O)O)=C(c3cncs3)CSC12. The number of rotatable bonds is 2. The van der Waals surface area contributed by atoms with Crippen LogP contribution in [0.5, 0.6) is 0 Å². The van der Waals surface area contributed by atoms with Gasteiger partial charge in [-0.05, 0) is 0 Å². The fourth-order valence-electron chi connectivity index (χ4n) is 2.07. The zero-order chi connectivity index (χ0) is 12.9. The highest BCUT2D eigenvalue weighted by Crippen LogP contribution is 2.43. The summed E-state index contributed by atoms with van der Waals surface area (Å²) in [7, 11) is 0. The molecule has 6 nitrogen and oxygen atoms in total. The van der Waals surface area contributed by atoms with Gasteiger partial charge in [0.15, 0.2) is 0 Å². The molecule has 8 heteroatoms. The fourth-order valence-corrected chi connectivity index (χ4v) is 4.14. The van der Waals surface area contributed by atoms with Gasteiger partial charge in [-0.25, -0.2) is 4.79 Å². The number of nitrogens with zero attached hydrogens (tertiary/aromatic N) is 2. The third-order valence-electron chi connectivity index (χ3n) is 2.94. The monoisotopic (exact) mass is 283 g/mol. The minimum Gasteiger partial charge on any atom is -0.477 e. The molecule has 0 saturated carbocycles. The van der Waals surface area contributed by atoms with Crippen LogP contribution >= 0.6 is 23.1 Å². The van der Waals surface area contributed by atoms with Crippen LogP contribution in [0.1, 0.15) is 4.88 Å². The van der Waals surface area contributed by atoms with Crippen molar-refractivity contribution in [2.45, 2.75) is 11.4 Å². The molecule has 0 bridgehead atoms. The number of nitrogens with two attached hydrogens (primary N) is 1. The molecule has 1 saturated heterocycles. The first-order valence-electron chi connectivity index (χ1n) is 5.17. The van der Waals surface area contributed by atoms with Crippen LogP contribution in [0.3, 0.4) is 0 Å². The maximum atomic E-state index is 11.7. The van der Waals surface area contributed by atoms with E-state index in [4.69, 9.17) is 5.73 Å². The number of aliphatic carboxylic acids is 1. The number of hydrogen-bond donors (Lipinski definition) is 2. The molecule has 0 spiro atoms. The maximum Gasteiger partial charge on any atom is 0.353 e. The van der Waals surface area contributed by atoms with Crippen molar-refractivity contribution in [1.29, 1.82) is 0 Å². The molecule has 3 rings (SSSR count). The zero-order valence-corrected chi connectivity index (χ0v) is 10.7. The smallest absolute Gasteiger partial charge is 0.353 e. The second-order valence-corrected chi connectivity index (χ2v) is 5.92. The Morgan fingerprint density at radius 2 is 2.39 bits per heavy atom. The van der Waals surface area contributed by atoms with Gasteiger partial charge in [-0.3, -0.25) is 14.7 Å². The van der Waals surface area contributed by atoms with E-state index in [0.717, 1.165) is 4.88 Å². The van der Waals surface area contributed by atoms with E-state index in [9.17, 15) is 14.7 Å². The zero-order valence-electron chi connectivity index (χ0n) is 9.07. The highest BCUT2D eigenvalue weighted by atomic mass is 32.2. The van der Waals surface area contributed by atoms with Crippen molar-refractivity contribution in [3.63, 3.8) is 0 Å². The molecule has 3 N–H and O–H groups in total. The third-order valence-corrected chi connectivity index (χ3v) is 5.08. The van der Waals surface area contributed by atoms with E-state index in [1.165, 1.54) is 28.0 Å². The maximum absolute atomic E-state index is 11.7. The average Bonchev–Trinajstić information content (AvgIpc) is 2.89. The van der Waals surface area contributed by atoms with Crippen molar-refractivity contribution < 1.29 is 14.7 Å². The molecule has 1 aromatic rings. The van der Waals surface area contributed by atoms with Crippen molar-refractivity contribution in [3.05, 3.63) is 22.3 Å². The summed E-state index contributed by atoms with van der Waals surface area (Å²) in [5.74, 6) is -0.887. The number of carboxylic acids is 1. The summed E-state index contributed by atoms with van der Waals surface area (Å²) in [6.07, 6.45) is 1.62. The van der Waals surface area contributed by atoms with Crippen molar-refractivity contribution in [2.24, 2.45) is 5.73 Å². The van der Waals surface area contributed by atoms with Crippen molar-refractivity contribution >= 4 is 40.5 Å². The van der Waals surface area contributed by atoms with Gasteiger partial charge in [-0.2, -0.15) is 0 Å². The van der Waals surface area contributed by atoms with Gasteiger partial charge in [0.25, 0.3) is 0 Å². The van der Waals surface area contributed by atoms with Crippen LogP contribution in [-0.2, 0) is 9.59 Å². The van der Waals surface area contributed by atoms with Crippen LogP contribution in [0, 0.1) is 0 Å². The molecule has 94 valence electrons. The molecule has 2 atom stereocenters. The average molecular weight is 283 g/mol. The molecule has 18 heavy (non-hydrogen) atoms. The molecule has 1 amide bonds. The number of amides is 1. The number of carbonyl (C=O) groups excluding carboxylic acids is 1. The van der Waals surface area contributed by atoms with Crippen LogP contribution in [0.25, 0.3) is 5.57 Å². The summed E-state index contributed by atoms with van der Waals surface area (Å²) < 4.78 is 0. The molecule has 0 aromatic carbocycles. The number of thioether (sulfide) groups is 1. The molecule has 2 aliphatic rings. The molecule has 1 fully saturated rings. The van der Waals surface area contributed by atoms with E-state index in [-0.39, 0.29) is 17.0 Å². The summed E-state index contributed by atoms with van der Waals surface area (Å²) in [5, 5.41) is 9.07. The second-order valence-electron chi connectivity index (χ2n) is 3.93. The van der Waals surface area contributed by atoms with Gasteiger partial charge in [0.1, 0.15) is 17.1 Å². The first-order chi connectivity index (χ1) is 8.61. The summed E-state index contributed by atoms with van der Waals surface area (Å²) in [6.45, 7) is 0. The Morgan fingerprint density at radius 1 is 1.61 bits per heavy atom. The van der Waals surface area contributed by atoms with Gasteiger partial charge in [-0.1, -0.05) is 0 Å². The van der Waals surface area contributed by atoms with Crippen LogP contribution in [0.2, 0.25) is 0 Å². The van der Waals surface area contributed by atoms with E-state index in [1.54, 1.807) is 11.7 Å². The minimum atomic E-state index is -1.09. The summed E-state index contributed by atoms with van der Waals surface area (Å²) in [6, 6.07) is -0.590. The lowest BCUT2D eigenvalue weighted by atomic mass is 10.0. The second kappa shape index (κ2) is 4.08. The largest absolute Gasteiger partial charge is 0.477 e. The summed E-state index contributed by atoms with van der Waals surface area (Å²) >= 11 is 2.86. The van der Waals surface area contributed by atoms with E-state index in [1.807, 2.05) is 0 Å². The first-order valence-corrected chi connectivity index (χ1v) is 7.09. The number of carbonyl (C=O) groups is 2. The molecular weight excluding hydrogens is 274 g/mol. The number of carboxylic acid groups (broad SMARTS) is 1. The standard InChI is InChI=1S/C10H9N3O3S2/c11-6-8(14)13-7(10(15)16)4(2-17-9(6)13)5-1-12-3-18-5/h1,3,6,9H,2,11H2,(H,15,16). The number of β-lactam (4-membered cyclic amide) rings is 1. The first kappa shape index (κ1) is 11.7. The van der Waals surface area contributed by atoms with Gasteiger partial charge in [0.05, 0.1) is 10.4 Å². The molecule has 1 aromatic heterocycles. The molecule has 0 radical (unpaired) electrons. The Bertz CT molecular complexity index is 555. The van der Waals surface area contributed by atoms with Crippen molar-refractivity contribution in [3.8, 4) is 0 Å². The van der Waals surface area contributed by atoms with Gasteiger partial charge in [0, 0.05) is 17.5 Å². The lowest BCUT2D eigenvalue weighted by molar-refractivity contribution is -0.147. The molecule has 3 heterocycles. The van der Waals surface area contributed by atoms with Crippen molar-refractivity contribution in [2.75, 3.05) is 5.75 Å². The number of aromatic nitrogens is 1. The van der Waals surface area contributed by atoms with Gasteiger partial charge < -0.3 is 10.8 Å². The Kier molecular flexibility index (Phi) is 2.65. The molecule has 2 aliphatic heterocycles. The lowest BCUT2D eigenvalue weighted by Crippen LogP contribution is -2.68. The Balaban J connectivity index is 2.09. The summed E-state index contributed by atoms with van der Waals surface area (Å²) in [4.78, 5) is 29.1. The highest BCUT2D eigenvalue weighted by Gasteiger charge is 2.51. The van der Waals surface area contributed by atoms with E-state index < -0.39 is 12.0 Å². The van der Waals surface area contributed by atoms with Crippen LogP contribution in [0.15, 0.2) is 17.4 Å².